The minimum absolute atomic E-state index is 0.101. The maximum Gasteiger partial charge on any atom is 0.252 e. The molecule has 0 bridgehead atoms. The van der Waals surface area contributed by atoms with Crippen LogP contribution in [0.5, 0.6) is 0 Å². The summed E-state index contributed by atoms with van der Waals surface area (Å²) in [5.41, 5.74) is 3.29. The van der Waals surface area contributed by atoms with E-state index in [-0.39, 0.29) is 23.7 Å². The molecule has 0 unspecified atom stereocenters. The summed E-state index contributed by atoms with van der Waals surface area (Å²) >= 11 is 0. The highest BCUT2D eigenvalue weighted by Crippen LogP contribution is 2.23. The van der Waals surface area contributed by atoms with Gasteiger partial charge >= 0.3 is 0 Å². The van der Waals surface area contributed by atoms with E-state index in [0.717, 1.165) is 32.4 Å². The van der Waals surface area contributed by atoms with E-state index < -0.39 is 20.0 Å². The summed E-state index contributed by atoms with van der Waals surface area (Å²) in [5, 5.41) is 8.57. The highest BCUT2D eigenvalue weighted by molar-refractivity contribution is 7.89. The molecule has 2 aromatic carbocycles. The molecular weight excluding hydrogens is 462 g/mol. The molecule has 2 aromatic heterocycles. The molecule has 174 valence electrons. The maximum atomic E-state index is 13.5. The van der Waals surface area contributed by atoms with E-state index in [1.54, 1.807) is 24.3 Å². The van der Waals surface area contributed by atoms with E-state index in [1.807, 2.05) is 49.0 Å². The van der Waals surface area contributed by atoms with Crippen molar-refractivity contribution in [2.75, 3.05) is 12.8 Å². The largest absolute Gasteiger partial charge is 0.350 e. The molecule has 2 heterocycles. The lowest BCUT2D eigenvalue weighted by Gasteiger charge is -2.21. The highest BCUT2D eigenvalue weighted by atomic mass is 32.2. The molecule has 0 aliphatic heterocycles. The maximum absolute atomic E-state index is 13.5. The lowest BCUT2D eigenvalue weighted by atomic mass is 10.1. The fraction of sp³-hybridized carbons (Fsp3) is 0.273. The standard InChI is InChI=1S/C22H25N5O4S2/c1-17-8-10-20(11-9-17)33(30,31)26(15-19-16-27(24-23-19)32(3,28)29)13-12-18-14-25(2)22-7-5-4-6-21(18)22/h4-11,14,16H,12-13,15H2,1-3H3. The number of aromatic nitrogens is 4. The van der Waals surface area contributed by atoms with E-state index in [2.05, 4.69) is 10.3 Å². The summed E-state index contributed by atoms with van der Waals surface area (Å²) < 4.78 is 54.5. The molecule has 9 nitrogen and oxygen atoms in total. The number of hydrogen-bond donors (Lipinski definition) is 0. The number of nitrogens with zero attached hydrogens (tertiary/aromatic N) is 5. The van der Waals surface area contributed by atoms with Crippen LogP contribution in [0.2, 0.25) is 0 Å². The summed E-state index contributed by atoms with van der Waals surface area (Å²) in [5.74, 6) is 0. The van der Waals surface area contributed by atoms with Crippen molar-refractivity contribution >= 4 is 30.9 Å². The topological polar surface area (TPSA) is 107 Å². The summed E-state index contributed by atoms with van der Waals surface area (Å²) in [6.45, 7) is 1.98. The van der Waals surface area contributed by atoms with Crippen LogP contribution in [0.25, 0.3) is 10.9 Å². The van der Waals surface area contributed by atoms with Crippen LogP contribution < -0.4 is 0 Å². The van der Waals surface area contributed by atoms with Gasteiger partial charge in [-0.1, -0.05) is 41.1 Å². The highest BCUT2D eigenvalue weighted by Gasteiger charge is 2.26. The fourth-order valence-electron chi connectivity index (χ4n) is 3.71. The molecule has 0 N–H and O–H groups in total. The Kier molecular flexibility index (Phi) is 6.12. The molecule has 0 fully saturated rings. The van der Waals surface area contributed by atoms with Crippen LogP contribution in [0.4, 0.5) is 0 Å². The molecule has 0 spiro atoms. The van der Waals surface area contributed by atoms with E-state index in [1.165, 1.54) is 10.5 Å². The van der Waals surface area contributed by atoms with Crippen molar-refractivity contribution in [2.24, 2.45) is 7.05 Å². The smallest absolute Gasteiger partial charge is 0.252 e. The van der Waals surface area contributed by atoms with Gasteiger partial charge in [0.2, 0.25) is 10.0 Å². The summed E-state index contributed by atoms with van der Waals surface area (Å²) in [6, 6.07) is 14.6. The first kappa shape index (κ1) is 23.1. The third-order valence-electron chi connectivity index (χ3n) is 5.47. The Morgan fingerprint density at radius 2 is 1.67 bits per heavy atom. The van der Waals surface area contributed by atoms with Gasteiger partial charge in [0.25, 0.3) is 10.0 Å². The Morgan fingerprint density at radius 1 is 0.970 bits per heavy atom. The van der Waals surface area contributed by atoms with Crippen LogP contribution >= 0.6 is 0 Å². The number of benzene rings is 2. The first-order chi connectivity index (χ1) is 15.6. The zero-order valence-corrected chi connectivity index (χ0v) is 20.2. The average molecular weight is 488 g/mol. The van der Waals surface area contributed by atoms with Gasteiger partial charge in [0.1, 0.15) is 0 Å². The van der Waals surface area contributed by atoms with Crippen molar-refractivity contribution in [1.82, 2.24) is 23.3 Å². The van der Waals surface area contributed by atoms with Gasteiger partial charge in [-0.05, 0) is 37.1 Å². The molecule has 0 amide bonds. The van der Waals surface area contributed by atoms with Crippen molar-refractivity contribution in [3.63, 3.8) is 0 Å². The third-order valence-corrected chi connectivity index (χ3v) is 8.19. The van der Waals surface area contributed by atoms with Crippen molar-refractivity contribution in [3.8, 4) is 0 Å². The lowest BCUT2D eigenvalue weighted by Crippen LogP contribution is -2.32. The van der Waals surface area contributed by atoms with E-state index in [9.17, 15) is 16.8 Å². The van der Waals surface area contributed by atoms with Crippen LogP contribution in [0.1, 0.15) is 16.8 Å². The van der Waals surface area contributed by atoms with Gasteiger partial charge < -0.3 is 4.57 Å². The van der Waals surface area contributed by atoms with Crippen LogP contribution in [0, 0.1) is 6.92 Å². The Bertz CT molecular complexity index is 1500. The Balaban J connectivity index is 1.67. The third kappa shape index (κ3) is 4.85. The second kappa shape index (κ2) is 8.73. The zero-order valence-electron chi connectivity index (χ0n) is 18.6. The SMILES string of the molecule is Cc1ccc(S(=O)(=O)N(CCc2cn(C)c3ccccc23)Cc2cn(S(C)(=O)=O)nn2)cc1. The number of sulfonamides is 1. The minimum atomic E-state index is -3.86. The average Bonchev–Trinajstić information content (AvgIpc) is 3.36. The Hall–Kier alpha value is -3.02. The van der Waals surface area contributed by atoms with Gasteiger partial charge in [0.15, 0.2) is 0 Å². The molecule has 11 heteroatoms. The molecule has 0 saturated carbocycles. The van der Waals surface area contributed by atoms with Gasteiger partial charge in [-0.25, -0.2) is 16.8 Å². The Morgan fingerprint density at radius 3 is 2.33 bits per heavy atom. The second-order valence-electron chi connectivity index (χ2n) is 8.03. The van der Waals surface area contributed by atoms with Crippen LogP contribution in [-0.2, 0) is 40.1 Å². The van der Waals surface area contributed by atoms with Crippen molar-refractivity contribution in [3.05, 3.63) is 77.7 Å². The molecule has 33 heavy (non-hydrogen) atoms. The van der Waals surface area contributed by atoms with Crippen molar-refractivity contribution in [1.29, 1.82) is 0 Å². The van der Waals surface area contributed by atoms with Crippen LogP contribution in [-0.4, -0.2) is 52.9 Å². The van der Waals surface area contributed by atoms with Gasteiger partial charge in [0.05, 0.1) is 29.6 Å². The van der Waals surface area contributed by atoms with Crippen molar-refractivity contribution in [2.45, 2.75) is 24.8 Å². The van der Waals surface area contributed by atoms with Gasteiger partial charge in [-0.3, -0.25) is 0 Å². The molecule has 0 aliphatic carbocycles. The van der Waals surface area contributed by atoms with E-state index in [0.29, 0.717) is 6.42 Å². The number of para-hydroxylation sites is 1. The number of fused-ring (bicyclic) bond motifs is 1. The summed E-state index contributed by atoms with van der Waals surface area (Å²) in [4.78, 5) is 0.168. The predicted molar refractivity (Wildman–Crippen MR) is 126 cm³/mol. The molecule has 0 atom stereocenters. The fourth-order valence-corrected chi connectivity index (χ4v) is 5.60. The molecule has 0 radical (unpaired) electrons. The number of rotatable bonds is 8. The lowest BCUT2D eigenvalue weighted by molar-refractivity contribution is 0.405. The molecular formula is C22H25N5O4S2. The van der Waals surface area contributed by atoms with E-state index >= 15 is 0 Å². The van der Waals surface area contributed by atoms with Gasteiger partial charge in [-0.2, -0.15) is 4.31 Å². The normalized spacial score (nSPS) is 12.6. The van der Waals surface area contributed by atoms with Crippen LogP contribution in [0.15, 0.2) is 65.8 Å². The quantitative estimate of drug-likeness (QED) is 0.378. The number of aryl methyl sites for hydroxylation is 2. The van der Waals surface area contributed by atoms with Gasteiger partial charge in [-0.15, -0.1) is 9.19 Å². The molecule has 4 rings (SSSR count). The molecule has 0 aliphatic rings. The molecule has 4 aromatic rings. The monoisotopic (exact) mass is 487 g/mol. The van der Waals surface area contributed by atoms with Crippen molar-refractivity contribution < 1.29 is 16.8 Å². The minimum Gasteiger partial charge on any atom is -0.350 e. The zero-order chi connectivity index (χ0) is 23.8. The predicted octanol–water partition coefficient (Wildman–Crippen LogP) is 2.32. The first-order valence-electron chi connectivity index (χ1n) is 10.3. The van der Waals surface area contributed by atoms with Gasteiger partial charge in [0, 0.05) is 30.7 Å². The van der Waals surface area contributed by atoms with Crippen LogP contribution in [0.3, 0.4) is 0 Å². The molecule has 0 saturated heterocycles. The summed E-state index contributed by atoms with van der Waals surface area (Å²) in [6.07, 6.45) is 4.73. The summed E-state index contributed by atoms with van der Waals surface area (Å²) in [7, 11) is -5.52. The second-order valence-corrected chi connectivity index (χ2v) is 11.8. The number of hydrogen-bond acceptors (Lipinski definition) is 6. The Labute approximate surface area is 193 Å². The van der Waals surface area contributed by atoms with E-state index in [4.69, 9.17) is 0 Å². The first-order valence-corrected chi connectivity index (χ1v) is 13.6.